The van der Waals surface area contributed by atoms with Gasteiger partial charge in [0.1, 0.15) is 10.8 Å². The van der Waals surface area contributed by atoms with Crippen molar-refractivity contribution < 1.29 is 21.5 Å². The maximum atomic E-state index is 12.9. The lowest BCUT2D eigenvalue weighted by Crippen LogP contribution is -2.26. The summed E-state index contributed by atoms with van der Waals surface area (Å²) >= 11 is 0. The topological polar surface area (TPSA) is 67.6 Å². The minimum absolute atomic E-state index is 0.0961. The number of hydrogen-bond acceptors (Lipinski definition) is 4. The number of nitrogens with zero attached hydrogens (tertiary/aromatic N) is 1. The Morgan fingerprint density at radius 1 is 1.35 bits per heavy atom. The molecule has 106 valence electrons. The van der Waals surface area contributed by atoms with Gasteiger partial charge in [-0.05, 0) is 23.8 Å². The number of carbonyl (C=O) groups is 1. The van der Waals surface area contributed by atoms with Gasteiger partial charge in [0.2, 0.25) is 5.91 Å². The van der Waals surface area contributed by atoms with Crippen molar-refractivity contribution in [3.05, 3.63) is 36.1 Å². The second kappa shape index (κ2) is 4.59. The number of carbonyl (C=O) groups excluding carboxylic acids is 1. The van der Waals surface area contributed by atoms with Gasteiger partial charge in [-0.15, -0.1) is 3.89 Å². The van der Waals surface area contributed by atoms with E-state index in [9.17, 15) is 17.1 Å². The zero-order valence-corrected chi connectivity index (χ0v) is 11.3. The van der Waals surface area contributed by atoms with E-state index in [4.69, 9.17) is 4.42 Å². The lowest BCUT2D eigenvalue weighted by Gasteiger charge is -2.15. The summed E-state index contributed by atoms with van der Waals surface area (Å²) in [5.41, 5.74) is 1.59. The normalized spacial score (nSPS) is 19.9. The predicted molar refractivity (Wildman–Crippen MR) is 70.1 cm³/mol. The van der Waals surface area contributed by atoms with Crippen LogP contribution in [0.3, 0.4) is 0 Å². The summed E-state index contributed by atoms with van der Waals surface area (Å²) in [6.07, 6.45) is 1.29. The Balaban J connectivity index is 1.79. The van der Waals surface area contributed by atoms with E-state index < -0.39 is 15.5 Å². The van der Waals surface area contributed by atoms with E-state index in [-0.39, 0.29) is 25.4 Å². The minimum atomic E-state index is -4.66. The van der Waals surface area contributed by atoms with Crippen LogP contribution < -0.4 is 0 Å². The van der Waals surface area contributed by atoms with Gasteiger partial charge in [0.05, 0.1) is 6.26 Å². The summed E-state index contributed by atoms with van der Waals surface area (Å²) in [6, 6.07) is 7.26. The third kappa shape index (κ3) is 2.40. The maximum Gasteiger partial charge on any atom is 0.307 e. The van der Waals surface area contributed by atoms with Gasteiger partial charge in [0.15, 0.2) is 0 Å². The number of amides is 1. The molecule has 1 atom stereocenters. The van der Waals surface area contributed by atoms with Crippen molar-refractivity contribution in [2.75, 3.05) is 6.54 Å². The first-order valence-corrected chi connectivity index (χ1v) is 7.55. The molecule has 1 aliphatic rings. The average Bonchev–Trinajstić information content (AvgIpc) is 2.95. The first-order valence-electron chi connectivity index (χ1n) is 6.11. The zero-order valence-electron chi connectivity index (χ0n) is 10.5. The van der Waals surface area contributed by atoms with Crippen molar-refractivity contribution in [2.45, 2.75) is 18.2 Å². The monoisotopic (exact) mass is 297 g/mol. The second-order valence-corrected chi connectivity index (χ2v) is 6.49. The minimum Gasteiger partial charge on any atom is -0.464 e. The van der Waals surface area contributed by atoms with Gasteiger partial charge in [0.25, 0.3) is 0 Å². The van der Waals surface area contributed by atoms with Crippen LogP contribution in [0.1, 0.15) is 12.0 Å². The van der Waals surface area contributed by atoms with Gasteiger partial charge in [-0.3, -0.25) is 4.79 Å². The number of fused-ring (bicyclic) bond motifs is 1. The Labute approximate surface area is 115 Å². The highest BCUT2D eigenvalue weighted by molar-refractivity contribution is 7.87. The molecule has 2 aromatic rings. The molecule has 0 N–H and O–H groups in total. The Hall–Kier alpha value is -1.89. The van der Waals surface area contributed by atoms with Gasteiger partial charge >= 0.3 is 10.2 Å². The van der Waals surface area contributed by atoms with Crippen molar-refractivity contribution in [1.82, 2.24) is 4.90 Å². The molecule has 1 unspecified atom stereocenters. The molecule has 0 spiro atoms. The fourth-order valence-electron chi connectivity index (χ4n) is 2.41. The molecule has 0 saturated carbocycles. The van der Waals surface area contributed by atoms with Gasteiger partial charge < -0.3 is 9.32 Å². The van der Waals surface area contributed by atoms with Gasteiger partial charge in [-0.1, -0.05) is 6.07 Å². The number of halogens is 1. The quantitative estimate of drug-likeness (QED) is 0.811. The molecule has 20 heavy (non-hydrogen) atoms. The summed E-state index contributed by atoms with van der Waals surface area (Å²) in [7, 11) is -4.66. The molecule has 1 aliphatic heterocycles. The number of benzene rings is 1. The van der Waals surface area contributed by atoms with E-state index >= 15 is 0 Å². The van der Waals surface area contributed by atoms with Gasteiger partial charge in [-0.25, -0.2) is 0 Å². The standard InChI is InChI=1S/C13H12FNO4S/c14-20(17,18)11-6-13(16)15(8-11)7-9-1-2-12-10(5-9)3-4-19-12/h1-5,11H,6-8H2. The van der Waals surface area contributed by atoms with Crippen molar-refractivity contribution in [3.8, 4) is 0 Å². The fraction of sp³-hybridized carbons (Fsp3) is 0.308. The number of furan rings is 1. The highest BCUT2D eigenvalue weighted by Crippen LogP contribution is 2.23. The highest BCUT2D eigenvalue weighted by Gasteiger charge is 2.38. The molecule has 3 rings (SSSR count). The Morgan fingerprint density at radius 2 is 2.15 bits per heavy atom. The Bertz CT molecular complexity index is 768. The van der Waals surface area contributed by atoms with E-state index in [0.29, 0.717) is 0 Å². The molecule has 0 radical (unpaired) electrons. The van der Waals surface area contributed by atoms with Crippen molar-refractivity contribution in [3.63, 3.8) is 0 Å². The van der Waals surface area contributed by atoms with E-state index in [1.165, 1.54) is 4.90 Å². The average molecular weight is 297 g/mol. The molecule has 5 nitrogen and oxygen atoms in total. The molecule has 1 fully saturated rings. The van der Waals surface area contributed by atoms with Crippen LogP contribution in [0.5, 0.6) is 0 Å². The van der Waals surface area contributed by atoms with Crippen molar-refractivity contribution in [1.29, 1.82) is 0 Å². The van der Waals surface area contributed by atoms with Crippen LogP contribution in [0.15, 0.2) is 34.9 Å². The smallest absolute Gasteiger partial charge is 0.307 e. The molecule has 7 heteroatoms. The maximum absolute atomic E-state index is 12.9. The third-order valence-corrected chi connectivity index (χ3v) is 4.58. The molecular weight excluding hydrogens is 285 g/mol. The van der Waals surface area contributed by atoms with Crippen LogP contribution in [-0.2, 0) is 21.6 Å². The van der Waals surface area contributed by atoms with Crippen LogP contribution in [-0.4, -0.2) is 31.0 Å². The number of likely N-dealkylation sites (tertiary alicyclic amines) is 1. The van der Waals surface area contributed by atoms with E-state index in [0.717, 1.165) is 16.5 Å². The third-order valence-electron chi connectivity index (χ3n) is 3.47. The summed E-state index contributed by atoms with van der Waals surface area (Å²) < 4.78 is 39.9. The molecule has 0 aliphatic carbocycles. The van der Waals surface area contributed by atoms with E-state index in [1.54, 1.807) is 24.5 Å². The van der Waals surface area contributed by atoms with Crippen LogP contribution in [0, 0.1) is 0 Å². The van der Waals surface area contributed by atoms with Crippen LogP contribution in [0.25, 0.3) is 11.0 Å². The molecular formula is C13H12FNO4S. The zero-order chi connectivity index (χ0) is 14.3. The number of rotatable bonds is 3. The fourth-order valence-corrected chi connectivity index (χ4v) is 3.11. The first-order chi connectivity index (χ1) is 9.43. The second-order valence-electron chi connectivity index (χ2n) is 4.87. The van der Waals surface area contributed by atoms with Gasteiger partial charge in [0, 0.05) is 24.9 Å². The van der Waals surface area contributed by atoms with E-state index in [1.807, 2.05) is 6.07 Å². The highest BCUT2D eigenvalue weighted by atomic mass is 32.3. The van der Waals surface area contributed by atoms with Crippen LogP contribution >= 0.6 is 0 Å². The number of hydrogen-bond donors (Lipinski definition) is 0. The Kier molecular flexibility index (Phi) is 3.01. The van der Waals surface area contributed by atoms with E-state index in [2.05, 4.69) is 0 Å². The molecule has 2 heterocycles. The van der Waals surface area contributed by atoms with Crippen LogP contribution in [0.2, 0.25) is 0 Å². The molecule has 1 amide bonds. The summed E-state index contributed by atoms with van der Waals surface area (Å²) in [6.45, 7) is 0.174. The lowest BCUT2D eigenvalue weighted by atomic mass is 10.1. The molecule has 0 bridgehead atoms. The summed E-state index contributed by atoms with van der Waals surface area (Å²) in [4.78, 5) is 13.1. The van der Waals surface area contributed by atoms with Crippen molar-refractivity contribution in [2.24, 2.45) is 0 Å². The summed E-state index contributed by atoms with van der Waals surface area (Å²) in [5.74, 6) is -0.344. The first kappa shape index (κ1) is 13.1. The SMILES string of the molecule is O=C1CC(S(=O)(=O)F)CN1Cc1ccc2occc2c1. The predicted octanol–water partition coefficient (Wildman–Crippen LogP) is 1.83. The molecule has 1 aromatic heterocycles. The summed E-state index contributed by atoms with van der Waals surface area (Å²) in [5, 5.41) is -0.337. The van der Waals surface area contributed by atoms with Gasteiger partial charge in [-0.2, -0.15) is 8.42 Å². The van der Waals surface area contributed by atoms with Crippen LogP contribution in [0.4, 0.5) is 3.89 Å². The largest absolute Gasteiger partial charge is 0.464 e. The van der Waals surface area contributed by atoms with Crippen molar-refractivity contribution >= 4 is 27.1 Å². The molecule has 1 aromatic carbocycles. The lowest BCUT2D eigenvalue weighted by molar-refractivity contribution is -0.128. The molecule has 1 saturated heterocycles. The Morgan fingerprint density at radius 3 is 2.85 bits per heavy atom.